The minimum absolute atomic E-state index is 0.475. The fourth-order valence-electron chi connectivity index (χ4n) is 3.67. The number of rotatable bonds is 8. The first kappa shape index (κ1) is 21.3. The number of hydrogen-bond acceptors (Lipinski definition) is 4. The molecular formula is C28H24N4O2. The second-order valence-electron chi connectivity index (χ2n) is 7.75. The fourth-order valence-corrected chi connectivity index (χ4v) is 3.67. The van der Waals surface area contributed by atoms with Gasteiger partial charge in [-0.25, -0.2) is 0 Å². The van der Waals surface area contributed by atoms with Gasteiger partial charge >= 0.3 is 0 Å². The van der Waals surface area contributed by atoms with Gasteiger partial charge in [-0.2, -0.15) is 5.10 Å². The molecule has 0 atom stereocenters. The minimum atomic E-state index is 0.475. The van der Waals surface area contributed by atoms with Crippen LogP contribution in [0.5, 0.6) is 11.5 Å². The lowest BCUT2D eigenvalue weighted by molar-refractivity contribution is 0.303. The molecule has 0 saturated heterocycles. The maximum Gasteiger partial charge on any atom is 0.129 e. The van der Waals surface area contributed by atoms with Crippen molar-refractivity contribution in [2.24, 2.45) is 0 Å². The van der Waals surface area contributed by atoms with Crippen molar-refractivity contribution >= 4 is 35.2 Å². The predicted molar refractivity (Wildman–Crippen MR) is 136 cm³/mol. The molecule has 0 unspecified atom stereocenters. The molecule has 0 radical (unpaired) electrons. The molecule has 2 N–H and O–H groups in total. The third-order valence-corrected chi connectivity index (χ3v) is 5.47. The number of nitrogens with one attached hydrogen (secondary N) is 2. The molecule has 2 aromatic carbocycles. The number of nitrogens with zero attached hydrogens (tertiary/aromatic N) is 2. The van der Waals surface area contributed by atoms with Crippen molar-refractivity contribution in [3.05, 3.63) is 107 Å². The van der Waals surface area contributed by atoms with E-state index in [9.17, 15) is 0 Å². The van der Waals surface area contributed by atoms with Crippen LogP contribution in [0, 0.1) is 0 Å². The van der Waals surface area contributed by atoms with Gasteiger partial charge in [-0.05, 0) is 65.8 Å². The molecule has 0 bridgehead atoms. The molecule has 0 aliphatic carbocycles. The summed E-state index contributed by atoms with van der Waals surface area (Å²) in [6.45, 7) is 0.475. The average Bonchev–Trinajstić information content (AvgIpc) is 3.52. The normalized spacial score (nSPS) is 11.6. The molecule has 5 rings (SSSR count). The summed E-state index contributed by atoms with van der Waals surface area (Å²) in [6.07, 6.45) is 13.6. The first-order valence-corrected chi connectivity index (χ1v) is 11.0. The lowest BCUT2D eigenvalue weighted by Crippen LogP contribution is -1.96. The zero-order valence-corrected chi connectivity index (χ0v) is 18.7. The number of fused-ring (bicyclic) bond motifs is 1. The van der Waals surface area contributed by atoms with E-state index < -0.39 is 0 Å². The topological polar surface area (TPSA) is 75.8 Å². The standard InChI is InChI=1S/C28H24N4O2/c1-33-28-17-25(34-19-20-12-14-29-15-13-20)11-8-21(28)6-9-23-16-24(32-31-23)10-7-22-18-30-27-5-3-2-4-26(22)27/h2-18,30H,19H2,1H3,(H,31,32)/b9-6+,10-7+. The zero-order chi connectivity index (χ0) is 23.2. The zero-order valence-electron chi connectivity index (χ0n) is 18.7. The molecule has 0 aliphatic heterocycles. The van der Waals surface area contributed by atoms with Gasteiger partial charge in [0.2, 0.25) is 0 Å². The van der Waals surface area contributed by atoms with Gasteiger partial charge in [0.1, 0.15) is 18.1 Å². The molecule has 3 heterocycles. The highest BCUT2D eigenvalue weighted by Gasteiger charge is 2.05. The summed E-state index contributed by atoms with van der Waals surface area (Å²) < 4.78 is 11.4. The monoisotopic (exact) mass is 448 g/mol. The van der Waals surface area contributed by atoms with E-state index in [1.807, 2.05) is 73.0 Å². The summed E-state index contributed by atoms with van der Waals surface area (Å²) >= 11 is 0. The van der Waals surface area contributed by atoms with E-state index in [4.69, 9.17) is 9.47 Å². The molecule has 5 aromatic rings. The van der Waals surface area contributed by atoms with Crippen molar-refractivity contribution < 1.29 is 9.47 Å². The van der Waals surface area contributed by atoms with Crippen molar-refractivity contribution in [3.63, 3.8) is 0 Å². The number of methoxy groups -OCH3 is 1. The smallest absolute Gasteiger partial charge is 0.129 e. The van der Waals surface area contributed by atoms with Crippen LogP contribution in [0.4, 0.5) is 0 Å². The summed E-state index contributed by atoms with van der Waals surface area (Å²) in [6, 6.07) is 19.9. The molecule has 34 heavy (non-hydrogen) atoms. The Morgan fingerprint density at radius 3 is 2.62 bits per heavy atom. The number of para-hydroxylation sites is 1. The van der Waals surface area contributed by atoms with Gasteiger partial charge in [0.25, 0.3) is 0 Å². The maximum atomic E-state index is 5.88. The summed E-state index contributed by atoms with van der Waals surface area (Å²) in [5, 5.41) is 8.65. The number of aromatic amines is 2. The van der Waals surface area contributed by atoms with Crippen LogP contribution >= 0.6 is 0 Å². The van der Waals surface area contributed by atoms with E-state index in [0.717, 1.165) is 45.1 Å². The fraction of sp³-hybridized carbons (Fsp3) is 0.0714. The Balaban J connectivity index is 1.26. The van der Waals surface area contributed by atoms with Crippen molar-refractivity contribution in [2.45, 2.75) is 6.61 Å². The van der Waals surface area contributed by atoms with Gasteiger partial charge in [-0.3, -0.25) is 10.1 Å². The molecule has 0 aliphatic rings. The summed E-state index contributed by atoms with van der Waals surface area (Å²) in [7, 11) is 1.65. The largest absolute Gasteiger partial charge is 0.496 e. The van der Waals surface area contributed by atoms with E-state index in [0.29, 0.717) is 6.61 Å². The Morgan fingerprint density at radius 2 is 1.74 bits per heavy atom. The van der Waals surface area contributed by atoms with Crippen LogP contribution in [-0.4, -0.2) is 27.3 Å². The number of H-pyrrole nitrogens is 2. The van der Waals surface area contributed by atoms with Crippen molar-refractivity contribution in [1.29, 1.82) is 0 Å². The number of aromatic nitrogens is 4. The van der Waals surface area contributed by atoms with Crippen LogP contribution in [0.1, 0.15) is 28.1 Å². The van der Waals surface area contributed by atoms with Gasteiger partial charge < -0.3 is 14.5 Å². The molecule has 6 heteroatoms. The first-order valence-electron chi connectivity index (χ1n) is 11.0. The van der Waals surface area contributed by atoms with Gasteiger partial charge in [0.15, 0.2) is 0 Å². The molecule has 0 fully saturated rings. The van der Waals surface area contributed by atoms with E-state index in [-0.39, 0.29) is 0 Å². The Labute approximate surface area is 197 Å². The van der Waals surface area contributed by atoms with E-state index >= 15 is 0 Å². The Kier molecular flexibility index (Phi) is 6.21. The Morgan fingerprint density at radius 1 is 0.882 bits per heavy atom. The van der Waals surface area contributed by atoms with Gasteiger partial charge in [-0.15, -0.1) is 0 Å². The molecule has 0 amide bonds. The quantitative estimate of drug-likeness (QED) is 0.296. The van der Waals surface area contributed by atoms with Crippen molar-refractivity contribution in [2.75, 3.05) is 7.11 Å². The molecule has 6 nitrogen and oxygen atoms in total. The van der Waals surface area contributed by atoms with Crippen LogP contribution in [-0.2, 0) is 6.61 Å². The second-order valence-corrected chi connectivity index (χ2v) is 7.75. The van der Waals surface area contributed by atoms with Gasteiger partial charge in [0.05, 0.1) is 18.5 Å². The third kappa shape index (κ3) is 4.91. The average molecular weight is 449 g/mol. The van der Waals surface area contributed by atoms with Crippen LogP contribution < -0.4 is 9.47 Å². The molecule has 0 saturated carbocycles. The molecule has 0 spiro atoms. The van der Waals surface area contributed by atoms with Gasteiger partial charge in [-0.1, -0.05) is 24.3 Å². The number of hydrogen-bond donors (Lipinski definition) is 2. The van der Waals surface area contributed by atoms with Gasteiger partial charge in [0, 0.05) is 41.1 Å². The van der Waals surface area contributed by atoms with Crippen LogP contribution in [0.2, 0.25) is 0 Å². The number of ether oxygens (including phenoxy) is 2. The SMILES string of the molecule is COc1cc(OCc2ccncc2)ccc1/C=C/c1cc(/C=C/c2c[nH]c3ccccc23)[nH]n1. The van der Waals surface area contributed by atoms with Crippen LogP contribution in [0.15, 0.2) is 79.3 Å². The Bertz CT molecular complexity index is 1450. The van der Waals surface area contributed by atoms with Crippen LogP contribution in [0.3, 0.4) is 0 Å². The Hall–Kier alpha value is -4.58. The predicted octanol–water partition coefficient (Wildman–Crippen LogP) is 6.21. The van der Waals surface area contributed by atoms with Crippen molar-refractivity contribution in [1.82, 2.24) is 20.2 Å². The highest BCUT2D eigenvalue weighted by Crippen LogP contribution is 2.27. The lowest BCUT2D eigenvalue weighted by atomic mass is 10.1. The summed E-state index contributed by atoms with van der Waals surface area (Å²) in [4.78, 5) is 7.31. The van der Waals surface area contributed by atoms with E-state index in [1.165, 1.54) is 5.39 Å². The first-order chi connectivity index (χ1) is 16.8. The molecular weight excluding hydrogens is 424 g/mol. The maximum absolute atomic E-state index is 5.88. The minimum Gasteiger partial charge on any atom is -0.496 e. The van der Waals surface area contributed by atoms with Crippen LogP contribution in [0.25, 0.3) is 35.2 Å². The van der Waals surface area contributed by atoms with Crippen molar-refractivity contribution in [3.8, 4) is 11.5 Å². The van der Waals surface area contributed by atoms with E-state index in [1.54, 1.807) is 19.5 Å². The highest BCUT2D eigenvalue weighted by molar-refractivity contribution is 5.91. The summed E-state index contributed by atoms with van der Waals surface area (Å²) in [5.41, 5.74) is 6.02. The van der Waals surface area contributed by atoms with E-state index in [2.05, 4.69) is 38.4 Å². The number of pyridine rings is 1. The molecule has 168 valence electrons. The highest BCUT2D eigenvalue weighted by atomic mass is 16.5. The molecule has 3 aromatic heterocycles. The number of benzene rings is 2. The second kappa shape index (κ2) is 9.92. The summed E-state index contributed by atoms with van der Waals surface area (Å²) in [5.74, 6) is 1.48. The lowest BCUT2D eigenvalue weighted by Gasteiger charge is -2.10. The third-order valence-electron chi connectivity index (χ3n) is 5.47.